The van der Waals surface area contributed by atoms with Gasteiger partial charge in [0, 0.05) is 11.9 Å². The highest BCUT2D eigenvalue weighted by Crippen LogP contribution is 2.12. The normalized spacial score (nSPS) is 9.67. The molecule has 104 valence electrons. The Balaban J connectivity index is 2.11. The van der Waals surface area contributed by atoms with Gasteiger partial charge in [0.2, 0.25) is 0 Å². The monoisotopic (exact) mass is 281 g/mol. The largest absolute Gasteiger partial charge is 0.481 e. The highest BCUT2D eigenvalue weighted by Gasteiger charge is 2.08. The van der Waals surface area contributed by atoms with Crippen molar-refractivity contribution in [3.63, 3.8) is 0 Å². The van der Waals surface area contributed by atoms with E-state index in [4.69, 9.17) is 10.4 Å². The molecule has 0 aliphatic carbocycles. The van der Waals surface area contributed by atoms with E-state index in [1.807, 2.05) is 6.07 Å². The van der Waals surface area contributed by atoms with Crippen molar-refractivity contribution in [2.24, 2.45) is 0 Å². The smallest absolute Gasteiger partial charge is 0.307 e. The number of benzene rings is 1. The number of aliphatic carboxylic acids is 1. The Bertz CT molecular complexity index is 718. The molecule has 0 aliphatic heterocycles. The van der Waals surface area contributed by atoms with Crippen LogP contribution >= 0.6 is 0 Å². The summed E-state index contributed by atoms with van der Waals surface area (Å²) in [6.07, 6.45) is 1.20. The first-order valence-electron chi connectivity index (χ1n) is 6.07. The molecule has 0 radical (unpaired) electrons. The molecule has 1 amide bonds. The van der Waals surface area contributed by atoms with Crippen LogP contribution in [0.15, 0.2) is 42.6 Å². The van der Waals surface area contributed by atoms with E-state index >= 15 is 0 Å². The number of carbonyl (C=O) groups excluding carboxylic acids is 1. The molecule has 0 saturated heterocycles. The molecule has 0 fully saturated rings. The number of aromatic nitrogens is 1. The van der Waals surface area contributed by atoms with Crippen molar-refractivity contribution in [3.8, 4) is 6.07 Å². The topological polar surface area (TPSA) is 103 Å². The van der Waals surface area contributed by atoms with Gasteiger partial charge in [-0.25, -0.2) is 4.98 Å². The summed E-state index contributed by atoms with van der Waals surface area (Å²) in [7, 11) is 0. The fourth-order valence-corrected chi connectivity index (χ4v) is 1.72. The summed E-state index contributed by atoms with van der Waals surface area (Å²) in [5.41, 5.74) is 1.63. The van der Waals surface area contributed by atoms with Crippen LogP contribution in [0.1, 0.15) is 21.6 Å². The van der Waals surface area contributed by atoms with Crippen molar-refractivity contribution < 1.29 is 14.7 Å². The standard InChI is InChI=1S/C15H11N3O3/c16-8-11-4-5-13(17-9-11)15(21)18-12-3-1-2-10(6-12)7-14(19)20/h1-6,9H,7H2,(H,18,21)(H,19,20). The minimum absolute atomic E-state index is 0.112. The first kappa shape index (κ1) is 14.2. The third kappa shape index (κ3) is 3.88. The number of nitriles is 1. The van der Waals surface area contributed by atoms with Crippen LogP contribution in [-0.2, 0) is 11.2 Å². The van der Waals surface area contributed by atoms with Crippen molar-refractivity contribution in [3.05, 3.63) is 59.4 Å². The molecule has 0 atom stereocenters. The van der Waals surface area contributed by atoms with Gasteiger partial charge in [-0.2, -0.15) is 5.26 Å². The van der Waals surface area contributed by atoms with Crippen LogP contribution in [0.5, 0.6) is 0 Å². The Kier molecular flexibility index (Phi) is 4.26. The maximum absolute atomic E-state index is 12.0. The van der Waals surface area contributed by atoms with Gasteiger partial charge in [-0.15, -0.1) is 0 Å². The van der Waals surface area contributed by atoms with E-state index in [0.717, 1.165) is 0 Å². The zero-order valence-corrected chi connectivity index (χ0v) is 10.9. The fraction of sp³-hybridized carbons (Fsp3) is 0.0667. The molecule has 21 heavy (non-hydrogen) atoms. The van der Waals surface area contributed by atoms with Gasteiger partial charge in [0.15, 0.2) is 0 Å². The van der Waals surface area contributed by atoms with E-state index in [1.165, 1.54) is 18.3 Å². The third-order valence-electron chi connectivity index (χ3n) is 2.67. The highest BCUT2D eigenvalue weighted by molar-refractivity contribution is 6.02. The number of carboxylic acid groups (broad SMARTS) is 1. The molecule has 2 rings (SSSR count). The summed E-state index contributed by atoms with van der Waals surface area (Å²) >= 11 is 0. The van der Waals surface area contributed by atoms with Crippen LogP contribution in [-0.4, -0.2) is 22.0 Å². The number of nitrogens with one attached hydrogen (secondary N) is 1. The molecule has 0 saturated carbocycles. The second kappa shape index (κ2) is 6.30. The lowest BCUT2D eigenvalue weighted by atomic mass is 10.1. The number of nitrogens with zero attached hydrogens (tertiary/aromatic N) is 2. The maximum atomic E-state index is 12.0. The van der Waals surface area contributed by atoms with E-state index in [2.05, 4.69) is 10.3 Å². The van der Waals surface area contributed by atoms with Crippen molar-refractivity contribution in [1.29, 1.82) is 5.26 Å². The lowest BCUT2D eigenvalue weighted by Gasteiger charge is -2.06. The van der Waals surface area contributed by atoms with Crippen LogP contribution in [0.25, 0.3) is 0 Å². The van der Waals surface area contributed by atoms with Gasteiger partial charge >= 0.3 is 5.97 Å². The minimum Gasteiger partial charge on any atom is -0.481 e. The summed E-state index contributed by atoms with van der Waals surface area (Å²) in [5, 5.41) is 20.0. The molecule has 6 nitrogen and oxygen atoms in total. The minimum atomic E-state index is -0.938. The second-order valence-corrected chi connectivity index (χ2v) is 4.27. The molecule has 6 heteroatoms. The average Bonchev–Trinajstić information content (AvgIpc) is 2.47. The SMILES string of the molecule is N#Cc1ccc(C(=O)Nc2cccc(CC(=O)O)c2)nc1. The maximum Gasteiger partial charge on any atom is 0.307 e. The summed E-state index contributed by atoms with van der Waals surface area (Å²) in [6.45, 7) is 0. The molecule has 2 aromatic rings. The van der Waals surface area contributed by atoms with Crippen molar-refractivity contribution >= 4 is 17.6 Å². The van der Waals surface area contributed by atoms with Gasteiger partial charge in [-0.3, -0.25) is 9.59 Å². The van der Waals surface area contributed by atoms with E-state index in [9.17, 15) is 9.59 Å². The fourth-order valence-electron chi connectivity index (χ4n) is 1.72. The number of hydrogen-bond acceptors (Lipinski definition) is 4. The Hall–Kier alpha value is -3.20. The number of anilines is 1. The predicted octanol–water partition coefficient (Wildman–Crippen LogP) is 1.83. The molecule has 0 unspecified atom stereocenters. The zero-order valence-electron chi connectivity index (χ0n) is 10.9. The Morgan fingerprint density at radius 3 is 2.71 bits per heavy atom. The lowest BCUT2D eigenvalue weighted by molar-refractivity contribution is -0.136. The molecule has 0 aliphatic rings. The van der Waals surface area contributed by atoms with Crippen LogP contribution < -0.4 is 5.32 Å². The Labute approximate surface area is 120 Å². The number of carboxylic acids is 1. The highest BCUT2D eigenvalue weighted by atomic mass is 16.4. The molecule has 0 spiro atoms. The van der Waals surface area contributed by atoms with E-state index in [-0.39, 0.29) is 12.1 Å². The number of rotatable bonds is 4. The molecular formula is C15H11N3O3. The Morgan fingerprint density at radius 2 is 2.10 bits per heavy atom. The summed E-state index contributed by atoms with van der Waals surface area (Å²) in [4.78, 5) is 26.5. The molecule has 2 N–H and O–H groups in total. The van der Waals surface area contributed by atoms with Gasteiger partial charge in [-0.05, 0) is 29.8 Å². The quantitative estimate of drug-likeness (QED) is 0.889. The zero-order chi connectivity index (χ0) is 15.2. The number of hydrogen-bond donors (Lipinski definition) is 2. The number of pyridine rings is 1. The lowest BCUT2D eigenvalue weighted by Crippen LogP contribution is -2.13. The van der Waals surface area contributed by atoms with Crippen molar-refractivity contribution in [1.82, 2.24) is 4.98 Å². The number of amides is 1. The van der Waals surface area contributed by atoms with Crippen LogP contribution in [0.2, 0.25) is 0 Å². The number of carbonyl (C=O) groups is 2. The van der Waals surface area contributed by atoms with Gasteiger partial charge in [-0.1, -0.05) is 12.1 Å². The van der Waals surface area contributed by atoms with E-state index < -0.39 is 11.9 Å². The van der Waals surface area contributed by atoms with Gasteiger partial charge < -0.3 is 10.4 Å². The van der Waals surface area contributed by atoms with Crippen LogP contribution in [0.4, 0.5) is 5.69 Å². The molecular weight excluding hydrogens is 270 g/mol. The van der Waals surface area contributed by atoms with E-state index in [1.54, 1.807) is 24.3 Å². The van der Waals surface area contributed by atoms with Crippen molar-refractivity contribution in [2.75, 3.05) is 5.32 Å². The van der Waals surface area contributed by atoms with Gasteiger partial charge in [0.25, 0.3) is 5.91 Å². The summed E-state index contributed by atoms with van der Waals surface area (Å²) in [6, 6.07) is 11.5. The van der Waals surface area contributed by atoms with Crippen LogP contribution in [0.3, 0.4) is 0 Å². The average molecular weight is 281 g/mol. The van der Waals surface area contributed by atoms with Gasteiger partial charge in [0.05, 0.1) is 12.0 Å². The summed E-state index contributed by atoms with van der Waals surface area (Å²) < 4.78 is 0. The first-order chi connectivity index (χ1) is 10.1. The molecule has 1 aromatic heterocycles. The second-order valence-electron chi connectivity index (χ2n) is 4.27. The first-order valence-corrected chi connectivity index (χ1v) is 6.07. The van der Waals surface area contributed by atoms with Crippen molar-refractivity contribution in [2.45, 2.75) is 6.42 Å². The molecule has 1 aromatic carbocycles. The van der Waals surface area contributed by atoms with Crippen LogP contribution in [0, 0.1) is 11.3 Å². The Morgan fingerprint density at radius 1 is 1.29 bits per heavy atom. The third-order valence-corrected chi connectivity index (χ3v) is 2.67. The van der Waals surface area contributed by atoms with Gasteiger partial charge in [0.1, 0.15) is 11.8 Å². The molecule has 0 bridgehead atoms. The van der Waals surface area contributed by atoms with E-state index in [0.29, 0.717) is 16.8 Å². The predicted molar refractivity (Wildman–Crippen MR) is 74.7 cm³/mol. The molecule has 1 heterocycles. The summed E-state index contributed by atoms with van der Waals surface area (Å²) in [5.74, 6) is -1.36.